The van der Waals surface area contributed by atoms with E-state index in [9.17, 15) is 37.3 Å². The summed E-state index contributed by atoms with van der Waals surface area (Å²) in [6.07, 6.45) is -1.06. The molecule has 2 aromatic rings. The van der Waals surface area contributed by atoms with Crippen molar-refractivity contribution in [3.05, 3.63) is 58.6 Å². The second kappa shape index (κ2) is 9.98. The van der Waals surface area contributed by atoms with Crippen molar-refractivity contribution in [2.75, 3.05) is 5.32 Å². The van der Waals surface area contributed by atoms with E-state index in [1.165, 1.54) is 18.2 Å². The third kappa shape index (κ3) is 4.65. The number of nitrogens with one attached hydrogen (secondary N) is 1. The van der Waals surface area contributed by atoms with Crippen LogP contribution in [0.3, 0.4) is 0 Å². The average molecular weight is 544 g/mol. The van der Waals surface area contributed by atoms with Crippen molar-refractivity contribution in [1.29, 1.82) is 0 Å². The van der Waals surface area contributed by atoms with E-state index in [-0.39, 0.29) is 40.4 Å². The number of anilines is 1. The largest absolute Gasteiger partial charge is 0.390 e. The number of carbonyl (C=O) groups excluding carboxylic acids is 1. The summed E-state index contributed by atoms with van der Waals surface area (Å²) in [5.41, 5.74) is -1.62. The predicted molar refractivity (Wildman–Crippen MR) is 129 cm³/mol. The number of carbonyl (C=O) groups is 1. The zero-order chi connectivity index (χ0) is 26.4. The fourth-order valence-electron chi connectivity index (χ4n) is 5.63. The van der Waals surface area contributed by atoms with Gasteiger partial charge < -0.3 is 20.6 Å². The number of hydrogen-bond acceptors (Lipinski definition) is 6. The smallest absolute Gasteiger partial charge is 0.255 e. The molecule has 0 spiro atoms. The first kappa shape index (κ1) is 26.9. The average Bonchev–Trinajstić information content (AvgIpc) is 3.00. The Labute approximate surface area is 213 Å². The topological polar surface area (TPSA) is 124 Å². The molecule has 0 saturated heterocycles. The summed E-state index contributed by atoms with van der Waals surface area (Å²) in [6, 6.07) is 6.59. The van der Waals surface area contributed by atoms with E-state index in [1.54, 1.807) is 6.92 Å². The summed E-state index contributed by atoms with van der Waals surface area (Å²) < 4.78 is 53.9. The fraction of sp³-hybridized carbons (Fsp3) is 0.480. The Balaban J connectivity index is 1.58. The van der Waals surface area contributed by atoms with E-state index in [0.29, 0.717) is 12.8 Å². The van der Waals surface area contributed by atoms with Crippen LogP contribution in [0.4, 0.5) is 14.5 Å². The zero-order valence-electron chi connectivity index (χ0n) is 19.5. The molecule has 36 heavy (non-hydrogen) atoms. The van der Waals surface area contributed by atoms with Crippen LogP contribution < -0.4 is 5.32 Å². The van der Waals surface area contributed by atoms with Crippen LogP contribution in [0.2, 0.25) is 5.02 Å². The lowest BCUT2D eigenvalue weighted by atomic mass is 9.69. The number of hydrogen-bond donors (Lipinski definition) is 4. The molecule has 0 aromatic heterocycles. The third-order valence-electron chi connectivity index (χ3n) is 7.64. The zero-order valence-corrected chi connectivity index (χ0v) is 21.1. The van der Waals surface area contributed by atoms with Gasteiger partial charge in [-0.15, -0.1) is 0 Å². The number of aliphatic hydroxyl groups is 3. The molecule has 3 unspecified atom stereocenters. The van der Waals surface area contributed by atoms with Gasteiger partial charge in [-0.25, -0.2) is 17.2 Å². The normalized spacial score (nSPS) is 27.5. The van der Waals surface area contributed by atoms with Crippen LogP contribution in [0.15, 0.2) is 41.3 Å². The van der Waals surface area contributed by atoms with Crippen LogP contribution in [0, 0.1) is 23.5 Å². The van der Waals surface area contributed by atoms with Crippen LogP contribution in [-0.4, -0.2) is 52.7 Å². The molecule has 196 valence electrons. The highest BCUT2D eigenvalue weighted by Gasteiger charge is 2.60. The summed E-state index contributed by atoms with van der Waals surface area (Å²) in [7, 11) is -4.04. The fourth-order valence-corrected chi connectivity index (χ4v) is 8.03. The molecule has 2 bridgehead atoms. The number of aliphatic hydroxyl groups excluding tert-OH is 2. The molecule has 6 atom stereocenters. The number of rotatable bonds is 7. The minimum absolute atomic E-state index is 0.00535. The number of sulfone groups is 1. The molecule has 0 radical (unpaired) electrons. The molecule has 2 saturated carbocycles. The quantitative estimate of drug-likeness (QED) is 0.422. The highest BCUT2D eigenvalue weighted by molar-refractivity contribution is 7.92. The summed E-state index contributed by atoms with van der Waals surface area (Å²) in [5, 5.41) is 33.5. The van der Waals surface area contributed by atoms with Crippen LogP contribution in [-0.2, 0) is 9.84 Å². The summed E-state index contributed by atoms with van der Waals surface area (Å²) >= 11 is 6.23. The first-order chi connectivity index (χ1) is 16.9. The molecular formula is C25H28ClF2NO6S. The molecule has 1 amide bonds. The first-order valence-corrected chi connectivity index (χ1v) is 13.7. The van der Waals surface area contributed by atoms with Gasteiger partial charge in [-0.05, 0) is 74.3 Å². The van der Waals surface area contributed by atoms with Crippen molar-refractivity contribution in [2.24, 2.45) is 11.8 Å². The lowest BCUT2D eigenvalue weighted by Gasteiger charge is -2.46. The summed E-state index contributed by atoms with van der Waals surface area (Å²) in [4.78, 5) is 12.4. The van der Waals surface area contributed by atoms with E-state index < -0.39 is 62.3 Å². The van der Waals surface area contributed by atoms with E-state index in [0.717, 1.165) is 18.2 Å². The van der Waals surface area contributed by atoms with Gasteiger partial charge in [0.1, 0.15) is 6.10 Å². The second-order valence-corrected chi connectivity index (χ2v) is 12.2. The van der Waals surface area contributed by atoms with E-state index in [2.05, 4.69) is 5.32 Å². The second-order valence-electron chi connectivity index (χ2n) is 9.65. The molecule has 4 N–H and O–H groups in total. The maximum absolute atomic E-state index is 13.6. The van der Waals surface area contributed by atoms with E-state index in [1.807, 2.05) is 0 Å². The Morgan fingerprint density at radius 3 is 2.33 bits per heavy atom. The third-order valence-corrected chi connectivity index (χ3v) is 10.3. The maximum Gasteiger partial charge on any atom is 0.255 e. The number of fused-ring (bicyclic) bond motifs is 2. The molecule has 7 nitrogen and oxygen atoms in total. The van der Waals surface area contributed by atoms with Gasteiger partial charge in [0, 0.05) is 17.3 Å². The lowest BCUT2D eigenvalue weighted by molar-refractivity contribution is -0.176. The Morgan fingerprint density at radius 2 is 1.75 bits per heavy atom. The molecule has 11 heteroatoms. The number of halogens is 3. The minimum atomic E-state index is -4.04. The molecule has 2 aromatic carbocycles. The van der Waals surface area contributed by atoms with Crippen molar-refractivity contribution in [1.82, 2.24) is 0 Å². The van der Waals surface area contributed by atoms with Crippen molar-refractivity contribution in [3.8, 4) is 0 Å². The standard InChI is InChI=1S/C25H28ClF2NO6S/c1-2-21(30)23(31)25(33)14-4-5-15(25)11-17(10-14)36(34,35)22-9-13(3-7-18(22)26)24(32)29-16-6-8-19(27)20(28)12-16/h3,6-9,12,14-15,17,21,23,30-31,33H,2,4-5,10-11H2,1H3,(H,29,32)/t14-,15?,17?,21+,23-,25?/m0/s1. The van der Waals surface area contributed by atoms with Crippen LogP contribution in [0.25, 0.3) is 0 Å². The van der Waals surface area contributed by atoms with Gasteiger partial charge >= 0.3 is 0 Å². The Morgan fingerprint density at radius 1 is 1.11 bits per heavy atom. The molecule has 2 aliphatic carbocycles. The minimum Gasteiger partial charge on any atom is -0.390 e. The van der Waals surface area contributed by atoms with E-state index >= 15 is 0 Å². The van der Waals surface area contributed by atoms with Gasteiger partial charge in [0.15, 0.2) is 21.5 Å². The Hall–Kier alpha value is -2.11. The van der Waals surface area contributed by atoms with Gasteiger partial charge in [0.2, 0.25) is 0 Å². The van der Waals surface area contributed by atoms with Gasteiger partial charge in [-0.2, -0.15) is 0 Å². The Bertz CT molecular complexity index is 1260. The highest BCUT2D eigenvalue weighted by Crippen LogP contribution is 2.54. The van der Waals surface area contributed by atoms with Crippen molar-refractivity contribution >= 4 is 33.0 Å². The molecule has 0 heterocycles. The van der Waals surface area contributed by atoms with Gasteiger partial charge in [0.25, 0.3) is 5.91 Å². The SMILES string of the molecule is CC[C@@H](O)[C@H](O)C1(O)C2CC[C@H]1CC(S(=O)(=O)c1cc(C(=O)Nc3ccc(F)c(F)c3)ccc1Cl)C2. The Kier molecular flexibility index (Phi) is 7.47. The maximum atomic E-state index is 13.6. The summed E-state index contributed by atoms with van der Waals surface area (Å²) in [5.74, 6) is -3.99. The van der Waals surface area contributed by atoms with Crippen molar-refractivity contribution < 1.29 is 37.3 Å². The van der Waals surface area contributed by atoms with Crippen molar-refractivity contribution in [2.45, 2.75) is 67.0 Å². The van der Waals surface area contributed by atoms with Crippen LogP contribution >= 0.6 is 11.6 Å². The van der Waals surface area contributed by atoms with Crippen LogP contribution in [0.5, 0.6) is 0 Å². The van der Waals surface area contributed by atoms with Gasteiger partial charge in [0.05, 0.1) is 26.9 Å². The van der Waals surface area contributed by atoms with Crippen molar-refractivity contribution in [3.63, 3.8) is 0 Å². The molecule has 0 aliphatic heterocycles. The van der Waals surface area contributed by atoms with E-state index in [4.69, 9.17) is 11.6 Å². The molecule has 2 aliphatic rings. The van der Waals surface area contributed by atoms with Gasteiger partial charge in [-0.1, -0.05) is 18.5 Å². The highest BCUT2D eigenvalue weighted by atomic mass is 35.5. The predicted octanol–water partition coefficient (Wildman–Crippen LogP) is 3.70. The summed E-state index contributed by atoms with van der Waals surface area (Å²) in [6.45, 7) is 1.69. The lowest BCUT2D eigenvalue weighted by Crippen LogP contribution is -2.59. The molecular weight excluding hydrogens is 516 g/mol. The van der Waals surface area contributed by atoms with Crippen LogP contribution in [0.1, 0.15) is 49.4 Å². The monoisotopic (exact) mass is 543 g/mol. The number of benzene rings is 2. The molecule has 4 rings (SSSR count). The van der Waals surface area contributed by atoms with Gasteiger partial charge in [-0.3, -0.25) is 4.79 Å². The number of amides is 1. The first-order valence-electron chi connectivity index (χ1n) is 11.8. The molecule has 2 fully saturated rings.